The second-order valence-electron chi connectivity index (χ2n) is 4.67. The van der Waals surface area contributed by atoms with Crippen LogP contribution >= 0.6 is 11.6 Å². The molecular formula is C10H15ClN2O4S2. The first-order valence-electron chi connectivity index (χ1n) is 5.26. The van der Waals surface area contributed by atoms with Crippen LogP contribution in [0.3, 0.4) is 0 Å². The number of nitrogens with one attached hydrogen (secondary N) is 1. The van der Waals surface area contributed by atoms with E-state index in [0.29, 0.717) is 0 Å². The molecule has 0 aliphatic rings. The van der Waals surface area contributed by atoms with Crippen molar-refractivity contribution in [3.63, 3.8) is 0 Å². The molecule has 0 bridgehead atoms. The van der Waals surface area contributed by atoms with Crippen molar-refractivity contribution in [1.82, 2.24) is 9.71 Å². The van der Waals surface area contributed by atoms with Crippen LogP contribution in [0.25, 0.3) is 0 Å². The number of hydrogen-bond donors (Lipinski definition) is 1. The summed E-state index contributed by atoms with van der Waals surface area (Å²) in [5.74, 6) is 0. The molecule has 0 saturated heterocycles. The first kappa shape index (κ1) is 16.4. The Morgan fingerprint density at radius 3 is 2.26 bits per heavy atom. The van der Waals surface area contributed by atoms with E-state index in [2.05, 4.69) is 9.71 Å². The second-order valence-corrected chi connectivity index (χ2v) is 9.48. The van der Waals surface area contributed by atoms with Gasteiger partial charge >= 0.3 is 0 Å². The van der Waals surface area contributed by atoms with Crippen LogP contribution in [-0.2, 0) is 19.9 Å². The zero-order valence-electron chi connectivity index (χ0n) is 10.7. The van der Waals surface area contributed by atoms with E-state index in [1.165, 1.54) is 26.0 Å². The van der Waals surface area contributed by atoms with Crippen LogP contribution in [0.2, 0.25) is 5.15 Å². The average molecular weight is 327 g/mol. The van der Waals surface area contributed by atoms with Crippen molar-refractivity contribution >= 4 is 31.5 Å². The molecule has 1 aromatic heterocycles. The van der Waals surface area contributed by atoms with E-state index in [4.69, 9.17) is 11.6 Å². The molecule has 0 atom stereocenters. The van der Waals surface area contributed by atoms with Gasteiger partial charge in [-0.25, -0.2) is 26.5 Å². The maximum Gasteiger partial charge on any atom is 0.242 e. The maximum absolute atomic E-state index is 11.9. The number of sulfonamides is 1. The Labute approximate surface area is 118 Å². The van der Waals surface area contributed by atoms with Gasteiger partial charge in [0.15, 0.2) is 9.84 Å². The van der Waals surface area contributed by atoms with E-state index in [1.807, 2.05) is 0 Å². The van der Waals surface area contributed by atoms with Gasteiger partial charge in [-0.15, -0.1) is 0 Å². The zero-order valence-corrected chi connectivity index (χ0v) is 13.1. The van der Waals surface area contributed by atoms with Gasteiger partial charge in [0.25, 0.3) is 0 Å². The molecule has 0 aliphatic heterocycles. The van der Waals surface area contributed by atoms with E-state index in [9.17, 15) is 16.8 Å². The summed E-state index contributed by atoms with van der Waals surface area (Å²) in [6.07, 6.45) is 2.17. The van der Waals surface area contributed by atoms with Crippen molar-refractivity contribution in [3.8, 4) is 0 Å². The quantitative estimate of drug-likeness (QED) is 0.809. The molecule has 0 spiro atoms. The highest BCUT2D eigenvalue weighted by atomic mass is 35.5. The largest absolute Gasteiger partial charge is 0.243 e. The van der Waals surface area contributed by atoms with Gasteiger partial charge in [-0.05, 0) is 26.0 Å². The summed E-state index contributed by atoms with van der Waals surface area (Å²) in [6.45, 7) is 2.67. The predicted octanol–water partition coefficient (Wildman–Crippen LogP) is 0.837. The SMILES string of the molecule is CC(C)(CNS(=O)(=O)c1ccc(Cl)nc1)S(C)(=O)=O. The molecule has 0 saturated carbocycles. The summed E-state index contributed by atoms with van der Waals surface area (Å²) in [6, 6.07) is 2.64. The van der Waals surface area contributed by atoms with Crippen LogP contribution in [0, 0.1) is 0 Å². The molecule has 19 heavy (non-hydrogen) atoms. The van der Waals surface area contributed by atoms with Crippen LogP contribution in [0.15, 0.2) is 23.2 Å². The lowest BCUT2D eigenvalue weighted by Crippen LogP contribution is -2.43. The molecule has 108 valence electrons. The number of rotatable bonds is 5. The minimum absolute atomic E-state index is 0.0683. The summed E-state index contributed by atoms with van der Waals surface area (Å²) >= 11 is 5.57. The van der Waals surface area contributed by atoms with Crippen molar-refractivity contribution in [2.45, 2.75) is 23.5 Å². The highest BCUT2D eigenvalue weighted by Gasteiger charge is 2.31. The van der Waals surface area contributed by atoms with Gasteiger partial charge in [-0.2, -0.15) is 0 Å². The second kappa shape index (κ2) is 5.35. The number of aromatic nitrogens is 1. The Hall–Kier alpha value is -0.700. The van der Waals surface area contributed by atoms with E-state index in [1.54, 1.807) is 0 Å². The van der Waals surface area contributed by atoms with E-state index < -0.39 is 24.6 Å². The topological polar surface area (TPSA) is 93.2 Å². The first-order valence-corrected chi connectivity index (χ1v) is 9.02. The molecule has 0 aromatic carbocycles. The molecule has 1 aromatic rings. The molecule has 0 fully saturated rings. The van der Waals surface area contributed by atoms with Gasteiger partial charge in [-0.3, -0.25) is 0 Å². The third-order valence-corrected chi connectivity index (χ3v) is 6.46. The van der Waals surface area contributed by atoms with E-state index in [-0.39, 0.29) is 16.6 Å². The first-order chi connectivity index (χ1) is 8.46. The van der Waals surface area contributed by atoms with Crippen molar-refractivity contribution in [3.05, 3.63) is 23.5 Å². The van der Waals surface area contributed by atoms with Gasteiger partial charge in [0, 0.05) is 19.0 Å². The van der Waals surface area contributed by atoms with E-state index >= 15 is 0 Å². The zero-order chi connectivity index (χ0) is 14.9. The summed E-state index contributed by atoms with van der Waals surface area (Å²) in [5, 5.41) is 0.176. The number of hydrogen-bond acceptors (Lipinski definition) is 5. The lowest BCUT2D eigenvalue weighted by Gasteiger charge is -2.22. The maximum atomic E-state index is 11.9. The number of nitrogens with zero attached hydrogens (tertiary/aromatic N) is 1. The van der Waals surface area contributed by atoms with Crippen LogP contribution in [0.5, 0.6) is 0 Å². The van der Waals surface area contributed by atoms with Crippen molar-refractivity contribution in [2.75, 3.05) is 12.8 Å². The molecule has 0 unspecified atom stereocenters. The van der Waals surface area contributed by atoms with Crippen molar-refractivity contribution < 1.29 is 16.8 Å². The highest BCUT2D eigenvalue weighted by molar-refractivity contribution is 7.92. The predicted molar refractivity (Wildman–Crippen MR) is 73.4 cm³/mol. The Bertz CT molecular complexity index is 651. The van der Waals surface area contributed by atoms with Crippen LogP contribution < -0.4 is 4.72 Å². The molecular weight excluding hydrogens is 312 g/mol. The summed E-state index contributed by atoms with van der Waals surface area (Å²) in [4.78, 5) is 3.60. The fourth-order valence-corrected chi connectivity index (χ4v) is 2.70. The molecule has 6 nitrogen and oxygen atoms in total. The molecule has 0 aliphatic carbocycles. The van der Waals surface area contributed by atoms with Crippen LogP contribution in [0.1, 0.15) is 13.8 Å². The summed E-state index contributed by atoms with van der Waals surface area (Å²) < 4.78 is 47.9. The van der Waals surface area contributed by atoms with Gasteiger partial charge in [0.2, 0.25) is 10.0 Å². The summed E-state index contributed by atoms with van der Waals surface area (Å²) in [5.41, 5.74) is 0. The molecule has 9 heteroatoms. The number of pyridine rings is 1. The van der Waals surface area contributed by atoms with Crippen LogP contribution in [0.4, 0.5) is 0 Å². The Kier molecular flexibility index (Phi) is 4.61. The lowest BCUT2D eigenvalue weighted by molar-refractivity contribution is 0.537. The van der Waals surface area contributed by atoms with Gasteiger partial charge in [-0.1, -0.05) is 11.6 Å². The van der Waals surface area contributed by atoms with Gasteiger partial charge in [0.1, 0.15) is 10.0 Å². The monoisotopic (exact) mass is 326 g/mol. The molecule has 1 rings (SSSR count). The smallest absolute Gasteiger partial charge is 0.242 e. The highest BCUT2D eigenvalue weighted by Crippen LogP contribution is 2.16. The molecule has 1 N–H and O–H groups in total. The number of sulfone groups is 1. The van der Waals surface area contributed by atoms with Crippen LogP contribution in [-0.4, -0.2) is 39.4 Å². The average Bonchev–Trinajstić information content (AvgIpc) is 2.26. The minimum atomic E-state index is -3.81. The third kappa shape index (κ3) is 4.13. The Balaban J connectivity index is 2.91. The fraction of sp³-hybridized carbons (Fsp3) is 0.500. The Morgan fingerprint density at radius 1 is 1.26 bits per heavy atom. The molecule has 0 radical (unpaired) electrons. The minimum Gasteiger partial charge on any atom is -0.243 e. The Morgan fingerprint density at radius 2 is 1.84 bits per heavy atom. The number of halogens is 1. The van der Waals surface area contributed by atoms with Gasteiger partial charge in [0.05, 0.1) is 4.75 Å². The van der Waals surface area contributed by atoms with Gasteiger partial charge < -0.3 is 0 Å². The van der Waals surface area contributed by atoms with E-state index in [0.717, 1.165) is 12.5 Å². The molecule has 1 heterocycles. The third-order valence-electron chi connectivity index (χ3n) is 2.70. The summed E-state index contributed by atoms with van der Waals surface area (Å²) in [7, 11) is -7.18. The van der Waals surface area contributed by atoms with Crippen molar-refractivity contribution in [1.29, 1.82) is 0 Å². The fourth-order valence-electron chi connectivity index (χ4n) is 1.00. The van der Waals surface area contributed by atoms with Crippen molar-refractivity contribution in [2.24, 2.45) is 0 Å². The molecule has 0 amide bonds. The normalized spacial score (nSPS) is 13.5. The standard InChI is InChI=1S/C10H15ClN2O4S2/c1-10(2,18(3,14)15)7-13-19(16,17)8-4-5-9(11)12-6-8/h4-6,13H,7H2,1-3H3. The lowest BCUT2D eigenvalue weighted by atomic mass is 10.2.